The largest absolute Gasteiger partial charge is 4.00 e. The Labute approximate surface area is 152 Å². The molecule has 0 nitrogen and oxygen atoms in total. The van der Waals surface area contributed by atoms with Gasteiger partial charge in [-0.3, -0.25) is 0 Å². The van der Waals surface area contributed by atoms with Crippen LogP contribution in [0.3, 0.4) is 0 Å². The summed E-state index contributed by atoms with van der Waals surface area (Å²) in [5.41, 5.74) is 7.91. The smallest absolute Gasteiger partial charge is 1.00 e. The summed E-state index contributed by atoms with van der Waals surface area (Å²) in [7, 11) is 0. The zero-order valence-electron chi connectivity index (χ0n) is 14.0. The molecule has 0 radical (unpaired) electrons. The summed E-state index contributed by atoms with van der Waals surface area (Å²) in [5.74, 6) is 0.877. The van der Waals surface area contributed by atoms with Crippen molar-refractivity contribution in [3.8, 4) is 0 Å². The molecule has 0 spiro atoms. The summed E-state index contributed by atoms with van der Waals surface area (Å²) in [6.45, 7) is 9.16. The van der Waals surface area contributed by atoms with Crippen molar-refractivity contribution >= 4 is 0 Å². The predicted octanol–water partition coefficient (Wildman–Crippen LogP) is -0.292. The van der Waals surface area contributed by atoms with Gasteiger partial charge in [0.2, 0.25) is 0 Å². The Bertz CT molecular complexity index is 463. The van der Waals surface area contributed by atoms with E-state index in [2.05, 4.69) is 27.7 Å². The Balaban J connectivity index is 0. The Hall–Kier alpha value is -0.557. The molecule has 0 N–H and O–H groups in total. The van der Waals surface area contributed by atoms with Gasteiger partial charge in [-0.05, 0) is 18.8 Å². The van der Waals surface area contributed by atoms with Crippen LogP contribution < -0.4 is 9.41 Å². The number of rotatable bonds is 1. The predicted molar refractivity (Wildman–Crippen MR) is 84.2 cm³/mol. The summed E-state index contributed by atoms with van der Waals surface area (Å²) in [4.78, 5) is 0. The van der Waals surface area contributed by atoms with Gasteiger partial charge >= 0.3 is 26.2 Å². The van der Waals surface area contributed by atoms with Crippen LogP contribution in [-0.4, -0.2) is 0 Å². The fraction of sp³-hybridized carbons (Fsp3) is 0.474. The third kappa shape index (κ3) is 5.26. The number of hydrogen-bond acceptors (Lipinski definition) is 0. The van der Waals surface area contributed by atoms with Crippen LogP contribution in [0.5, 0.6) is 0 Å². The van der Waals surface area contributed by atoms with E-state index in [-0.39, 0.29) is 35.6 Å². The van der Waals surface area contributed by atoms with Crippen molar-refractivity contribution in [2.45, 2.75) is 59.3 Å². The van der Waals surface area contributed by atoms with E-state index in [4.69, 9.17) is 0 Å². The molecule has 0 aromatic heterocycles. The van der Waals surface area contributed by atoms with Crippen LogP contribution in [-0.2, 0) is 26.2 Å². The molecule has 22 heavy (non-hydrogen) atoms. The van der Waals surface area contributed by atoms with Gasteiger partial charge in [-0.25, -0.2) is 12.1 Å². The normalized spacial score (nSPS) is 13.3. The molecular weight excluding hydrogens is 357 g/mol. The Morgan fingerprint density at radius 2 is 1.45 bits per heavy atom. The topological polar surface area (TPSA) is 0 Å². The van der Waals surface area contributed by atoms with Crippen LogP contribution in [0.4, 0.5) is 0 Å². The van der Waals surface area contributed by atoms with Gasteiger partial charge in [0.05, 0.1) is 0 Å². The quantitative estimate of drug-likeness (QED) is 0.594. The minimum atomic E-state index is 0. The minimum Gasteiger partial charge on any atom is -1.00 e. The zero-order valence-corrected chi connectivity index (χ0v) is 16.5. The van der Waals surface area contributed by atoms with Gasteiger partial charge in [0.15, 0.2) is 0 Å². The van der Waals surface area contributed by atoms with Gasteiger partial charge in [0, 0.05) is 0 Å². The van der Waals surface area contributed by atoms with E-state index in [1.165, 1.54) is 36.8 Å². The third-order valence-electron chi connectivity index (χ3n) is 4.81. The van der Waals surface area contributed by atoms with E-state index < -0.39 is 0 Å². The molecule has 0 saturated heterocycles. The first-order chi connectivity index (χ1) is 9.13. The number of halogens is 2. The van der Waals surface area contributed by atoms with Crippen molar-refractivity contribution in [3.05, 3.63) is 58.1 Å². The Kier molecular flexibility index (Phi) is 11.9. The second-order valence-corrected chi connectivity index (χ2v) is 5.86. The number of hydrogen-bond donors (Lipinski definition) is 0. The first-order valence-corrected chi connectivity index (χ1v) is 7.52. The molecule has 1 aliphatic rings. The van der Waals surface area contributed by atoms with Gasteiger partial charge in [-0.1, -0.05) is 40.5 Å². The van der Waals surface area contributed by atoms with Crippen LogP contribution in [0.1, 0.15) is 59.4 Å². The molecule has 1 fully saturated rings. The first-order valence-electron chi connectivity index (χ1n) is 7.52. The van der Waals surface area contributed by atoms with Gasteiger partial charge in [0.1, 0.15) is 0 Å². The molecule has 2 aromatic carbocycles. The van der Waals surface area contributed by atoms with Gasteiger partial charge < -0.3 is 9.41 Å². The molecular formula is C19H26F2Zr. The third-order valence-corrected chi connectivity index (χ3v) is 4.81. The van der Waals surface area contributed by atoms with Gasteiger partial charge in [-0.15, -0.1) is 0 Å². The molecule has 0 aliphatic heterocycles. The Morgan fingerprint density at radius 1 is 0.955 bits per heavy atom. The van der Waals surface area contributed by atoms with Crippen molar-refractivity contribution < 1.29 is 35.6 Å². The van der Waals surface area contributed by atoms with Crippen LogP contribution in [0.25, 0.3) is 0 Å². The molecule has 0 amide bonds. The van der Waals surface area contributed by atoms with Gasteiger partial charge in [-0.2, -0.15) is 46.0 Å². The molecule has 0 heterocycles. The average Bonchev–Trinajstić information content (AvgIpc) is 3.13. The molecule has 3 heteroatoms. The van der Waals surface area contributed by atoms with E-state index in [9.17, 15) is 0 Å². The zero-order chi connectivity index (χ0) is 13.8. The van der Waals surface area contributed by atoms with E-state index in [1.54, 1.807) is 16.7 Å². The standard InChI is InChI=1S/C14H21.C5H5.2FH.Zr/c1-9-10(2)12(4)14(11(9)3)13-7-5-6-8-13;1-2-4-5-3-1;;;/h13H,5-8H2,1-4H3;1-5H;2*1H;/q2*-1;;;+4/p-2. The summed E-state index contributed by atoms with van der Waals surface area (Å²) < 4.78 is 0. The summed E-state index contributed by atoms with van der Waals surface area (Å²) in [6, 6.07) is 10.0. The van der Waals surface area contributed by atoms with Crippen molar-refractivity contribution in [2.75, 3.05) is 0 Å². The van der Waals surface area contributed by atoms with E-state index in [0.29, 0.717) is 0 Å². The van der Waals surface area contributed by atoms with Crippen LogP contribution >= 0.6 is 0 Å². The molecule has 0 bridgehead atoms. The molecule has 1 saturated carbocycles. The molecule has 3 rings (SSSR count). The van der Waals surface area contributed by atoms with Crippen LogP contribution in [0, 0.1) is 27.7 Å². The summed E-state index contributed by atoms with van der Waals surface area (Å²) in [6.07, 6.45) is 5.72. The van der Waals surface area contributed by atoms with Crippen LogP contribution in [0.15, 0.2) is 30.3 Å². The fourth-order valence-corrected chi connectivity index (χ4v) is 3.40. The molecule has 0 atom stereocenters. The fourth-order valence-electron chi connectivity index (χ4n) is 3.40. The van der Waals surface area contributed by atoms with Crippen molar-refractivity contribution in [1.29, 1.82) is 0 Å². The van der Waals surface area contributed by atoms with E-state index in [0.717, 1.165) is 5.92 Å². The SMILES string of the molecule is Cc1c(C)c(C2CCCC2)[c-](C)c1C.[F-].[F-].[Zr+4].c1cc[cH-]c1. The maximum Gasteiger partial charge on any atom is 4.00 e. The second-order valence-electron chi connectivity index (χ2n) is 5.86. The summed E-state index contributed by atoms with van der Waals surface area (Å²) in [5, 5.41) is 0. The van der Waals surface area contributed by atoms with Crippen molar-refractivity contribution in [1.82, 2.24) is 0 Å². The molecule has 2 aromatic rings. The maximum absolute atomic E-state index is 2.31. The van der Waals surface area contributed by atoms with E-state index >= 15 is 0 Å². The van der Waals surface area contributed by atoms with E-state index in [1.807, 2.05) is 30.3 Å². The first kappa shape index (κ1) is 23.7. The summed E-state index contributed by atoms with van der Waals surface area (Å²) >= 11 is 0. The van der Waals surface area contributed by atoms with Crippen LogP contribution in [0.2, 0.25) is 0 Å². The molecule has 120 valence electrons. The monoisotopic (exact) mass is 382 g/mol. The second kappa shape index (κ2) is 11.1. The molecule has 1 aliphatic carbocycles. The maximum atomic E-state index is 2.31. The van der Waals surface area contributed by atoms with Crippen molar-refractivity contribution in [2.24, 2.45) is 0 Å². The molecule has 0 unspecified atom stereocenters. The average molecular weight is 384 g/mol. The van der Waals surface area contributed by atoms with Crippen molar-refractivity contribution in [3.63, 3.8) is 0 Å². The minimum absolute atomic E-state index is 0. The van der Waals surface area contributed by atoms with Gasteiger partial charge in [0.25, 0.3) is 0 Å². The Morgan fingerprint density at radius 3 is 1.77 bits per heavy atom.